The van der Waals surface area contributed by atoms with Crippen LogP contribution >= 0.6 is 46.9 Å². The molecule has 1 amide bonds. The largest absolute Gasteiger partial charge is 4.00 e. The average Bonchev–Trinajstić information content (AvgIpc) is 0.869. The van der Waals surface area contributed by atoms with Gasteiger partial charge in [-0.2, -0.15) is 4.31 Å². The molecule has 34 heteroatoms. The molecule has 0 aromatic carbocycles. The van der Waals surface area contributed by atoms with Crippen molar-refractivity contribution in [1.82, 2.24) is 10.2 Å². The van der Waals surface area contributed by atoms with Crippen molar-refractivity contribution >= 4 is 52.8 Å². The van der Waals surface area contributed by atoms with E-state index in [1.54, 1.807) is 19.1 Å². The van der Waals surface area contributed by atoms with Crippen molar-refractivity contribution in [1.29, 1.82) is 0 Å². The van der Waals surface area contributed by atoms with Crippen LogP contribution in [-0.2, 0) is 103 Å². The molecule has 0 rings (SSSR count). The summed E-state index contributed by atoms with van der Waals surface area (Å²) < 4.78 is 126. The van der Waals surface area contributed by atoms with Crippen LogP contribution in [0.2, 0.25) is 0 Å². The average molecular weight is 1640 g/mol. The fourth-order valence-electron chi connectivity index (χ4n) is 9.10. The van der Waals surface area contributed by atoms with E-state index in [0.717, 1.165) is 180 Å². The van der Waals surface area contributed by atoms with E-state index in [-0.39, 0.29) is 109 Å². The van der Waals surface area contributed by atoms with Gasteiger partial charge in [0.15, 0.2) is 0 Å². The Labute approximate surface area is 639 Å². The molecule has 7 unspecified atom stereocenters. The third kappa shape index (κ3) is 72.1. The number of phosphoric ester groups is 3. The first kappa shape index (κ1) is 114. The van der Waals surface area contributed by atoms with Crippen LogP contribution in [0.15, 0.2) is 37.5 Å². The molecule has 4 N–H and O–H groups in total. The number of nitrogens with one attached hydrogen (secondary N) is 1. The molecule has 0 fully saturated rings. The fourth-order valence-corrected chi connectivity index (χ4v) is 15.8. The first-order valence-electron chi connectivity index (χ1n) is 37.3. The molecule has 0 aromatic rings. The summed E-state index contributed by atoms with van der Waals surface area (Å²) in [5.74, 6) is 0.743. The van der Waals surface area contributed by atoms with E-state index in [4.69, 9.17) is 51.3 Å². The normalized spacial score (nSPS) is 15.8. The third-order valence-electron chi connectivity index (χ3n) is 16.5. The van der Waals surface area contributed by atoms with Crippen LogP contribution in [-0.4, -0.2) is 125 Å². The molecular formula is C69H144N2O25P6Ti. The van der Waals surface area contributed by atoms with Crippen molar-refractivity contribution in [3.63, 3.8) is 0 Å². The quantitative estimate of drug-likeness (QED) is 0.0144. The minimum atomic E-state index is -5.48. The number of unbranched alkanes of at least 4 members (excludes halogenated alkanes) is 6. The zero-order chi connectivity index (χ0) is 79.2. The number of hydrogen-bond acceptors (Lipinski definition) is 23. The van der Waals surface area contributed by atoms with Crippen LogP contribution in [0.4, 0.5) is 0 Å². The van der Waals surface area contributed by atoms with Gasteiger partial charge in [0.1, 0.15) is 0 Å². The second kappa shape index (κ2) is 69.9. The first-order chi connectivity index (χ1) is 47.9. The van der Waals surface area contributed by atoms with Crippen molar-refractivity contribution in [2.24, 2.45) is 40.9 Å². The number of phosphoric acid groups is 6. The Morgan fingerprint density at radius 1 is 0.485 bits per heavy atom. The van der Waals surface area contributed by atoms with E-state index < -0.39 is 52.4 Å². The summed E-state index contributed by atoms with van der Waals surface area (Å²) in [6.07, 6.45) is 27.4. The van der Waals surface area contributed by atoms with Crippen molar-refractivity contribution in [2.45, 2.75) is 264 Å². The van der Waals surface area contributed by atoms with Gasteiger partial charge in [-0.1, -0.05) is 224 Å². The van der Waals surface area contributed by atoms with Gasteiger partial charge in [-0.25, -0.2) is 22.6 Å². The SMILES string of the molecule is C=C(C)C(=O)NCCCN(C)C.C=CCOCC(CC)(C[O-])COCC=C.CCCCC(CC)COP(=O)(OCC(CC)CCCC)OP(=O)(O)O.CCCCC(CC)COP(=O)(OCC(CC)CCCC)OP(=O)([O-])O.CCCCC(CC)COP(=O)(OCC(CC)CCCC)OP(=O)([O-])[O-].[Ti+4]. The van der Waals surface area contributed by atoms with E-state index in [0.29, 0.717) is 32.0 Å². The third-order valence-corrected chi connectivity index (χ3v) is 24.1. The standard InChI is InChI=1S/3C16H36O7P2.C12H21O3.C9H18N2O.Ti/c3*1-5-9-11-15(7-3)13-21-25(20,23-24(17,18)19)22-14-16(8-4)12-10-6-2;1-4-7-14-10-12(6-3,9-13)11-15-8-5-2;1-8(2)9(12)10-6-5-7-11(3)4;/h3*15-16H,5-14H2,1-4H3,(H2,17,18,19);4-5H,1-2,6-11H2,3H3;1,5-7H2,2-4H3,(H,10,12);/q;;;-1;;+4/p-3. The van der Waals surface area contributed by atoms with E-state index >= 15 is 0 Å². The second-order valence-corrected chi connectivity index (χ2v) is 35.1. The summed E-state index contributed by atoms with van der Waals surface area (Å²) in [7, 11) is -24.8. The van der Waals surface area contributed by atoms with Crippen LogP contribution in [0.1, 0.15) is 264 Å². The minimum Gasteiger partial charge on any atom is -0.854 e. The molecule has 0 saturated carbocycles. The summed E-state index contributed by atoms with van der Waals surface area (Å²) in [5.41, 5.74) is 0.159. The Morgan fingerprint density at radius 3 is 0.951 bits per heavy atom. The molecule has 0 spiro atoms. The topological polar surface area (TPSA) is 389 Å². The zero-order valence-corrected chi connectivity index (χ0v) is 73.2. The summed E-state index contributed by atoms with van der Waals surface area (Å²) in [6.45, 7) is 42.5. The Kier molecular flexibility index (Phi) is 77.3. The van der Waals surface area contributed by atoms with E-state index in [1.165, 1.54) is 0 Å². The first-order valence-corrected chi connectivity index (χ1v) is 46.2. The molecular weight excluding hydrogens is 1490 g/mol. The van der Waals surface area contributed by atoms with Gasteiger partial charge in [-0.3, -0.25) is 40.8 Å². The smallest absolute Gasteiger partial charge is 0.854 e. The van der Waals surface area contributed by atoms with E-state index in [2.05, 4.69) is 84.4 Å². The Balaban J connectivity index is -0.000000292. The van der Waals surface area contributed by atoms with Crippen molar-refractivity contribution in [3.05, 3.63) is 37.5 Å². The number of carbonyl (C=O) groups is 1. The number of ether oxygens (including phenoxy) is 2. The monoisotopic (exact) mass is 1630 g/mol. The molecule has 0 saturated heterocycles. The van der Waals surface area contributed by atoms with Gasteiger partial charge >= 0.3 is 53.0 Å². The molecule has 0 heterocycles. The van der Waals surface area contributed by atoms with Crippen molar-refractivity contribution < 1.29 is 138 Å². The maximum atomic E-state index is 12.7. The summed E-state index contributed by atoms with van der Waals surface area (Å²) in [5, 5.41) is 13.9. The minimum absolute atomic E-state index is 0. The van der Waals surface area contributed by atoms with Crippen LogP contribution in [0.25, 0.3) is 0 Å². The maximum Gasteiger partial charge on any atom is 4.00 e. The molecule has 0 aliphatic carbocycles. The van der Waals surface area contributed by atoms with Gasteiger partial charge < -0.3 is 58.7 Å². The van der Waals surface area contributed by atoms with Gasteiger partial charge in [-0.15, -0.1) is 19.8 Å². The predicted octanol–water partition coefficient (Wildman–Crippen LogP) is 16.9. The summed E-state index contributed by atoms with van der Waals surface area (Å²) in [6, 6.07) is 0. The van der Waals surface area contributed by atoms with Crippen LogP contribution in [0, 0.1) is 40.9 Å². The molecule has 0 aliphatic heterocycles. The molecule has 0 radical (unpaired) electrons. The van der Waals surface area contributed by atoms with Gasteiger partial charge in [0, 0.05) is 17.5 Å². The van der Waals surface area contributed by atoms with E-state index in [1.807, 2.05) is 62.6 Å². The Morgan fingerprint density at radius 2 is 0.757 bits per heavy atom. The molecule has 0 aliphatic rings. The number of carbonyl (C=O) groups excluding carboxylic acids is 1. The fraction of sp³-hybridized carbons (Fsp3) is 0.899. The second-order valence-electron chi connectivity index (χ2n) is 26.1. The number of nitrogens with zero attached hydrogens (tertiary/aromatic N) is 1. The maximum absolute atomic E-state index is 12.7. The van der Waals surface area contributed by atoms with E-state index in [9.17, 15) is 52.0 Å². The molecule has 103 heavy (non-hydrogen) atoms. The number of rotatable bonds is 63. The predicted molar refractivity (Wildman–Crippen MR) is 402 cm³/mol. The number of amides is 1. The van der Waals surface area contributed by atoms with Gasteiger partial charge in [0.2, 0.25) is 5.91 Å². The molecule has 7 atom stereocenters. The van der Waals surface area contributed by atoms with Crippen LogP contribution in [0.5, 0.6) is 0 Å². The molecule has 0 bridgehead atoms. The Hall–Kier alpha value is 0.0243. The van der Waals surface area contributed by atoms with Crippen molar-refractivity contribution in [3.8, 4) is 0 Å². The van der Waals surface area contributed by atoms with Gasteiger partial charge in [0.05, 0.1) is 73.9 Å². The van der Waals surface area contributed by atoms with Crippen LogP contribution in [0.3, 0.4) is 0 Å². The Bertz CT molecular complexity index is 2060. The molecule has 614 valence electrons. The zero-order valence-electron chi connectivity index (χ0n) is 66.3. The van der Waals surface area contributed by atoms with Crippen LogP contribution < -0.4 is 25.1 Å². The van der Waals surface area contributed by atoms with Crippen molar-refractivity contribution in [2.75, 3.05) is 99.9 Å². The summed E-state index contributed by atoms with van der Waals surface area (Å²) in [4.78, 5) is 73.0. The van der Waals surface area contributed by atoms with Gasteiger partial charge in [-0.05, 0) is 114 Å². The molecule has 27 nitrogen and oxygen atoms in total. The number of hydrogen-bond donors (Lipinski definition) is 4. The summed E-state index contributed by atoms with van der Waals surface area (Å²) >= 11 is 0. The van der Waals surface area contributed by atoms with Gasteiger partial charge in [0.25, 0.3) is 7.82 Å². The molecule has 0 aromatic heterocycles.